The Hall–Kier alpha value is -1.51. The summed E-state index contributed by atoms with van der Waals surface area (Å²) in [5.74, 6) is -3.15. The molecule has 0 spiro atoms. The van der Waals surface area contributed by atoms with Crippen molar-refractivity contribution >= 4 is 11.9 Å². The second-order valence-corrected chi connectivity index (χ2v) is 4.90. The number of amides is 1. The van der Waals surface area contributed by atoms with Crippen LogP contribution in [0.3, 0.4) is 0 Å². The number of aliphatic carboxylic acids is 1. The van der Waals surface area contributed by atoms with E-state index in [1.165, 1.54) is 6.92 Å². The fourth-order valence-electron chi connectivity index (χ4n) is 1.80. The zero-order chi connectivity index (χ0) is 19.8. The highest BCUT2D eigenvalue weighted by Crippen LogP contribution is 2.22. The maximum atomic E-state index is 11.0. The number of nitrogens with one attached hydrogen (secondary N) is 1. The minimum absolute atomic E-state index is 0.168. The summed E-state index contributed by atoms with van der Waals surface area (Å²) in [7, 11) is 0. The normalized spacial score (nSPS) is 29.4. The van der Waals surface area contributed by atoms with Gasteiger partial charge in [-0.2, -0.15) is 13.2 Å². The van der Waals surface area contributed by atoms with Gasteiger partial charge in [-0.25, -0.2) is 4.79 Å². The van der Waals surface area contributed by atoms with Crippen molar-refractivity contribution in [2.75, 3.05) is 19.8 Å². The smallest absolute Gasteiger partial charge is 0.475 e. The van der Waals surface area contributed by atoms with E-state index in [0.717, 1.165) is 0 Å². The van der Waals surface area contributed by atoms with E-state index in [-0.39, 0.29) is 13.2 Å². The lowest BCUT2D eigenvalue weighted by atomic mass is 9.97. The van der Waals surface area contributed by atoms with Gasteiger partial charge < -0.3 is 41.0 Å². The molecule has 0 aromatic heterocycles. The molecular formula is C12H21F3N2O8. The van der Waals surface area contributed by atoms with Gasteiger partial charge in [0.2, 0.25) is 5.91 Å². The van der Waals surface area contributed by atoms with Gasteiger partial charge in [0.25, 0.3) is 0 Å². The van der Waals surface area contributed by atoms with Gasteiger partial charge in [0, 0.05) is 13.5 Å². The van der Waals surface area contributed by atoms with Crippen molar-refractivity contribution in [1.82, 2.24) is 5.32 Å². The molecule has 1 aliphatic heterocycles. The van der Waals surface area contributed by atoms with Crippen LogP contribution in [0.1, 0.15) is 6.92 Å². The number of rotatable bonds is 5. The third kappa shape index (κ3) is 7.94. The monoisotopic (exact) mass is 378 g/mol. The standard InChI is InChI=1S/C10H20N2O6.C2HF3O2/c1-5(14)12-7-9(16)8(15)6(4-13)18-10(7)17-3-2-11;3-2(4,5)1(6)7/h6-10,13,15-16H,2-4,11H2,1H3,(H,12,14);(H,6,7)/t6-,7-,8-,9-,10-;/m1./s1. The first-order valence-corrected chi connectivity index (χ1v) is 6.97. The number of aliphatic hydroxyl groups is 3. The lowest BCUT2D eigenvalue weighted by Gasteiger charge is -2.42. The summed E-state index contributed by atoms with van der Waals surface area (Å²) in [5.41, 5.74) is 5.29. The Morgan fingerprint density at radius 3 is 2.16 bits per heavy atom. The van der Waals surface area contributed by atoms with Crippen LogP contribution in [0.2, 0.25) is 0 Å². The summed E-state index contributed by atoms with van der Waals surface area (Å²) < 4.78 is 42.3. The summed E-state index contributed by atoms with van der Waals surface area (Å²) in [6.07, 6.45) is -9.60. The molecule has 0 unspecified atom stereocenters. The Morgan fingerprint density at radius 1 is 1.28 bits per heavy atom. The number of carbonyl (C=O) groups excluding carboxylic acids is 1. The van der Waals surface area contributed by atoms with E-state index in [1.807, 2.05) is 0 Å². The molecule has 1 saturated heterocycles. The van der Waals surface area contributed by atoms with E-state index >= 15 is 0 Å². The molecule has 1 heterocycles. The first kappa shape index (κ1) is 23.5. The molecule has 7 N–H and O–H groups in total. The van der Waals surface area contributed by atoms with Crippen molar-refractivity contribution in [2.45, 2.75) is 43.7 Å². The molecule has 5 atom stereocenters. The second-order valence-electron chi connectivity index (χ2n) is 4.90. The van der Waals surface area contributed by atoms with Gasteiger partial charge in [0.05, 0.1) is 13.2 Å². The van der Waals surface area contributed by atoms with Gasteiger partial charge in [-0.1, -0.05) is 0 Å². The highest BCUT2D eigenvalue weighted by Gasteiger charge is 2.45. The predicted octanol–water partition coefficient (Wildman–Crippen LogP) is -2.46. The molecule has 1 amide bonds. The van der Waals surface area contributed by atoms with Gasteiger partial charge >= 0.3 is 12.1 Å². The first-order valence-electron chi connectivity index (χ1n) is 6.97. The number of carboxylic acid groups (broad SMARTS) is 1. The van der Waals surface area contributed by atoms with Gasteiger partial charge in [-0.3, -0.25) is 4.79 Å². The van der Waals surface area contributed by atoms with Crippen LogP contribution in [-0.4, -0.2) is 88.9 Å². The number of carbonyl (C=O) groups is 2. The molecule has 0 saturated carbocycles. The van der Waals surface area contributed by atoms with E-state index in [0.29, 0.717) is 0 Å². The fraction of sp³-hybridized carbons (Fsp3) is 0.833. The largest absolute Gasteiger partial charge is 0.490 e. The van der Waals surface area contributed by atoms with Crippen LogP contribution in [0.4, 0.5) is 13.2 Å². The fourth-order valence-corrected chi connectivity index (χ4v) is 1.80. The van der Waals surface area contributed by atoms with Gasteiger partial charge in [-0.05, 0) is 0 Å². The van der Waals surface area contributed by atoms with Crippen molar-refractivity contribution in [3.8, 4) is 0 Å². The SMILES string of the molecule is CC(=O)N[C@H]1[C@H](OCCN)O[C@H](CO)[C@@H](O)[C@@H]1O.O=C(O)C(F)(F)F. The molecule has 25 heavy (non-hydrogen) atoms. The number of hydrogen-bond acceptors (Lipinski definition) is 8. The number of ether oxygens (including phenoxy) is 2. The van der Waals surface area contributed by atoms with E-state index in [2.05, 4.69) is 5.32 Å². The molecule has 0 radical (unpaired) electrons. The van der Waals surface area contributed by atoms with Crippen molar-refractivity contribution in [1.29, 1.82) is 0 Å². The highest BCUT2D eigenvalue weighted by molar-refractivity contribution is 5.73. The van der Waals surface area contributed by atoms with Crippen LogP contribution in [0.15, 0.2) is 0 Å². The number of hydrogen-bond donors (Lipinski definition) is 6. The van der Waals surface area contributed by atoms with E-state index in [1.54, 1.807) is 0 Å². The van der Waals surface area contributed by atoms with Crippen LogP contribution in [-0.2, 0) is 19.1 Å². The zero-order valence-corrected chi connectivity index (χ0v) is 13.1. The second kappa shape index (κ2) is 10.5. The summed E-state index contributed by atoms with van der Waals surface area (Å²) in [5, 5.41) is 38.2. The molecule has 1 rings (SSSR count). The topological polar surface area (TPSA) is 172 Å². The van der Waals surface area contributed by atoms with Crippen LogP contribution < -0.4 is 11.1 Å². The summed E-state index contributed by atoms with van der Waals surface area (Å²) in [6.45, 7) is 1.22. The van der Waals surface area contributed by atoms with Crippen LogP contribution in [0.5, 0.6) is 0 Å². The average Bonchev–Trinajstić information content (AvgIpc) is 2.50. The molecule has 0 aromatic rings. The maximum absolute atomic E-state index is 11.0. The third-order valence-corrected chi connectivity index (χ3v) is 2.89. The molecule has 0 aliphatic carbocycles. The van der Waals surface area contributed by atoms with Crippen molar-refractivity contribution in [3.63, 3.8) is 0 Å². The van der Waals surface area contributed by atoms with E-state index < -0.39 is 55.3 Å². The Kier molecular flexibility index (Phi) is 9.84. The van der Waals surface area contributed by atoms with Gasteiger partial charge in [0.15, 0.2) is 6.29 Å². The molecule has 0 aromatic carbocycles. The molecule has 10 nitrogen and oxygen atoms in total. The van der Waals surface area contributed by atoms with Crippen LogP contribution in [0, 0.1) is 0 Å². The molecule has 1 aliphatic rings. The van der Waals surface area contributed by atoms with Crippen molar-refractivity contribution < 1.29 is 52.7 Å². The quantitative estimate of drug-likeness (QED) is 0.303. The van der Waals surface area contributed by atoms with Crippen molar-refractivity contribution in [3.05, 3.63) is 0 Å². The van der Waals surface area contributed by atoms with Crippen LogP contribution in [0.25, 0.3) is 0 Å². The molecular weight excluding hydrogens is 357 g/mol. The number of nitrogens with two attached hydrogens (primary N) is 1. The lowest BCUT2D eigenvalue weighted by molar-refractivity contribution is -0.269. The van der Waals surface area contributed by atoms with E-state index in [9.17, 15) is 28.2 Å². The predicted molar refractivity (Wildman–Crippen MR) is 74.1 cm³/mol. The van der Waals surface area contributed by atoms with Gasteiger partial charge in [0.1, 0.15) is 24.4 Å². The zero-order valence-electron chi connectivity index (χ0n) is 13.1. The lowest BCUT2D eigenvalue weighted by Crippen LogP contribution is -2.64. The molecule has 148 valence electrons. The Bertz CT molecular complexity index is 437. The first-order chi connectivity index (χ1) is 11.4. The summed E-state index contributed by atoms with van der Waals surface area (Å²) in [6, 6.07) is -0.910. The average molecular weight is 378 g/mol. The van der Waals surface area contributed by atoms with Crippen molar-refractivity contribution in [2.24, 2.45) is 5.73 Å². The Balaban J connectivity index is 0.000000697. The molecule has 0 bridgehead atoms. The van der Waals surface area contributed by atoms with Gasteiger partial charge in [-0.15, -0.1) is 0 Å². The summed E-state index contributed by atoms with van der Waals surface area (Å²) in [4.78, 5) is 19.9. The highest BCUT2D eigenvalue weighted by atomic mass is 19.4. The third-order valence-electron chi connectivity index (χ3n) is 2.89. The Morgan fingerprint density at radius 2 is 1.80 bits per heavy atom. The minimum Gasteiger partial charge on any atom is -0.475 e. The van der Waals surface area contributed by atoms with E-state index in [4.69, 9.17) is 30.2 Å². The number of alkyl halides is 3. The maximum Gasteiger partial charge on any atom is 0.490 e. The minimum atomic E-state index is -5.08. The molecule has 13 heteroatoms. The molecule has 1 fully saturated rings. The Labute approximate surface area is 140 Å². The summed E-state index contributed by atoms with van der Waals surface area (Å²) >= 11 is 0. The number of aliphatic hydroxyl groups excluding tert-OH is 3. The number of halogens is 3. The van der Waals surface area contributed by atoms with Crippen LogP contribution >= 0.6 is 0 Å². The number of carboxylic acids is 1.